The van der Waals surface area contributed by atoms with Crippen LogP contribution in [0.4, 0.5) is 5.69 Å². The molecule has 1 aliphatic heterocycles. The third-order valence-corrected chi connectivity index (χ3v) is 2.57. The second kappa shape index (κ2) is 5.11. The fraction of sp³-hybridized carbons (Fsp3) is 0.500. The molecule has 15 heavy (non-hydrogen) atoms. The zero-order valence-electron chi connectivity index (χ0n) is 10.5. The molecule has 1 aromatic rings. The third kappa shape index (κ3) is 2.68. The molecular weight excluding hydrogens is 182 g/mol. The minimum Gasteiger partial charge on any atom is -0.257 e. The van der Waals surface area contributed by atoms with Crippen molar-refractivity contribution >= 4 is 11.4 Å². The first-order valence-electron chi connectivity index (χ1n) is 5.75. The molecule has 1 heterocycles. The predicted molar refractivity (Wildman–Crippen MR) is 68.3 cm³/mol. The Hall–Kier alpha value is -1.11. The second-order valence-electron chi connectivity index (χ2n) is 4.24. The average molecular weight is 203 g/mol. The lowest BCUT2D eigenvalue weighted by Gasteiger charge is -2.04. The standard InChI is InChI=1S/C11H13N.C3H8/c1-7-4-5-11-10(6-7)8(2)9(3)12-11;1-3-2/h4-6,8H,1-3H3;3H2,1-2H3. The van der Waals surface area contributed by atoms with Crippen LogP contribution in [0.2, 0.25) is 0 Å². The summed E-state index contributed by atoms with van der Waals surface area (Å²) in [6, 6.07) is 6.46. The van der Waals surface area contributed by atoms with Gasteiger partial charge in [-0.25, -0.2) is 0 Å². The van der Waals surface area contributed by atoms with Crippen LogP contribution in [0.25, 0.3) is 0 Å². The smallest absolute Gasteiger partial charge is 0.0667 e. The van der Waals surface area contributed by atoms with Crippen LogP contribution in [0.3, 0.4) is 0 Å². The van der Waals surface area contributed by atoms with E-state index in [-0.39, 0.29) is 0 Å². The quantitative estimate of drug-likeness (QED) is 0.583. The highest BCUT2D eigenvalue weighted by Gasteiger charge is 2.19. The molecule has 82 valence electrons. The van der Waals surface area contributed by atoms with E-state index in [1.54, 1.807) is 0 Å². The van der Waals surface area contributed by atoms with Gasteiger partial charge in [0.05, 0.1) is 5.69 Å². The molecule has 0 fully saturated rings. The molecule has 0 spiro atoms. The van der Waals surface area contributed by atoms with E-state index in [2.05, 4.69) is 57.8 Å². The van der Waals surface area contributed by atoms with Gasteiger partial charge in [0, 0.05) is 11.6 Å². The van der Waals surface area contributed by atoms with Gasteiger partial charge in [0.15, 0.2) is 0 Å². The summed E-state index contributed by atoms with van der Waals surface area (Å²) in [7, 11) is 0. The molecule has 0 amide bonds. The van der Waals surface area contributed by atoms with E-state index >= 15 is 0 Å². The molecule has 1 heteroatoms. The minimum atomic E-state index is 0.514. The van der Waals surface area contributed by atoms with Crippen molar-refractivity contribution in [1.29, 1.82) is 0 Å². The number of fused-ring (bicyclic) bond motifs is 1. The molecule has 0 aliphatic carbocycles. The van der Waals surface area contributed by atoms with Gasteiger partial charge in [-0.1, -0.05) is 44.9 Å². The summed E-state index contributed by atoms with van der Waals surface area (Å²) < 4.78 is 0. The summed E-state index contributed by atoms with van der Waals surface area (Å²) in [5.41, 5.74) is 5.10. The van der Waals surface area contributed by atoms with E-state index in [0.717, 1.165) is 5.69 Å². The second-order valence-corrected chi connectivity index (χ2v) is 4.24. The van der Waals surface area contributed by atoms with Crippen molar-refractivity contribution in [2.75, 3.05) is 0 Å². The van der Waals surface area contributed by atoms with Gasteiger partial charge >= 0.3 is 0 Å². The predicted octanol–water partition coefficient (Wildman–Crippen LogP) is 4.62. The molecule has 1 aliphatic rings. The third-order valence-electron chi connectivity index (χ3n) is 2.57. The van der Waals surface area contributed by atoms with Crippen molar-refractivity contribution < 1.29 is 0 Å². The highest BCUT2D eigenvalue weighted by atomic mass is 14.8. The van der Waals surface area contributed by atoms with Gasteiger partial charge in [0.1, 0.15) is 0 Å². The number of benzene rings is 1. The summed E-state index contributed by atoms with van der Waals surface area (Å²) in [6.45, 7) is 10.7. The number of rotatable bonds is 0. The molecular formula is C14H21N. The molecule has 1 atom stereocenters. The number of hydrogen-bond donors (Lipinski definition) is 0. The van der Waals surface area contributed by atoms with Gasteiger partial charge in [-0.2, -0.15) is 0 Å². The van der Waals surface area contributed by atoms with Gasteiger partial charge in [0.25, 0.3) is 0 Å². The normalized spacial score (nSPS) is 17.7. The molecule has 0 saturated carbocycles. The van der Waals surface area contributed by atoms with Crippen LogP contribution in [0.5, 0.6) is 0 Å². The lowest BCUT2D eigenvalue weighted by molar-refractivity contribution is 1.05. The Labute approximate surface area is 93.2 Å². The average Bonchev–Trinajstić information content (AvgIpc) is 2.46. The number of nitrogens with zero attached hydrogens (tertiary/aromatic N) is 1. The molecule has 0 bridgehead atoms. The summed E-state index contributed by atoms with van der Waals surface area (Å²) >= 11 is 0. The SMILES string of the molecule is CC1=Nc2ccc(C)cc2C1C.CCC. The maximum Gasteiger partial charge on any atom is 0.0667 e. The van der Waals surface area contributed by atoms with E-state index < -0.39 is 0 Å². The fourth-order valence-electron chi connectivity index (χ4n) is 1.63. The van der Waals surface area contributed by atoms with E-state index in [1.807, 2.05) is 0 Å². The van der Waals surface area contributed by atoms with Crippen LogP contribution < -0.4 is 0 Å². The van der Waals surface area contributed by atoms with Crippen molar-refractivity contribution in [3.63, 3.8) is 0 Å². The fourth-order valence-corrected chi connectivity index (χ4v) is 1.63. The van der Waals surface area contributed by atoms with Crippen LogP contribution in [-0.4, -0.2) is 5.71 Å². The Bertz CT molecular complexity index is 364. The lowest BCUT2D eigenvalue weighted by atomic mass is 9.97. The molecule has 2 rings (SSSR count). The van der Waals surface area contributed by atoms with Crippen LogP contribution in [0.1, 0.15) is 51.2 Å². The summed E-state index contributed by atoms with van der Waals surface area (Å²) in [4.78, 5) is 4.49. The molecule has 1 nitrogen and oxygen atoms in total. The monoisotopic (exact) mass is 203 g/mol. The van der Waals surface area contributed by atoms with Gasteiger partial charge in [-0.15, -0.1) is 0 Å². The summed E-state index contributed by atoms with van der Waals surface area (Å²) in [5.74, 6) is 0.514. The number of aryl methyl sites for hydroxylation is 1. The first kappa shape index (κ1) is 12.0. The van der Waals surface area contributed by atoms with E-state index in [9.17, 15) is 0 Å². The Kier molecular flexibility index (Phi) is 4.07. The number of aliphatic imine (C=N–C) groups is 1. The maximum atomic E-state index is 4.49. The molecule has 0 radical (unpaired) electrons. The van der Waals surface area contributed by atoms with Crippen LogP contribution >= 0.6 is 0 Å². The molecule has 0 aromatic heterocycles. The van der Waals surface area contributed by atoms with Crippen LogP contribution in [0.15, 0.2) is 23.2 Å². The van der Waals surface area contributed by atoms with Gasteiger partial charge < -0.3 is 0 Å². The lowest BCUT2D eigenvalue weighted by Crippen LogP contribution is -1.98. The minimum absolute atomic E-state index is 0.514. The van der Waals surface area contributed by atoms with E-state index in [4.69, 9.17) is 0 Å². The topological polar surface area (TPSA) is 12.4 Å². The van der Waals surface area contributed by atoms with E-state index in [1.165, 1.54) is 23.3 Å². The molecule has 0 N–H and O–H groups in total. The largest absolute Gasteiger partial charge is 0.257 e. The van der Waals surface area contributed by atoms with Gasteiger partial charge in [-0.3, -0.25) is 4.99 Å². The highest BCUT2D eigenvalue weighted by Crippen LogP contribution is 2.35. The summed E-state index contributed by atoms with van der Waals surface area (Å²) in [5, 5.41) is 0. The zero-order chi connectivity index (χ0) is 11.4. The zero-order valence-corrected chi connectivity index (χ0v) is 10.5. The first-order valence-corrected chi connectivity index (χ1v) is 5.75. The molecule has 1 unspecified atom stereocenters. The van der Waals surface area contributed by atoms with Crippen LogP contribution in [0, 0.1) is 6.92 Å². The Morgan fingerprint density at radius 1 is 1.20 bits per heavy atom. The maximum absolute atomic E-state index is 4.49. The van der Waals surface area contributed by atoms with Gasteiger partial charge in [0.2, 0.25) is 0 Å². The Balaban J connectivity index is 0.000000337. The van der Waals surface area contributed by atoms with Crippen molar-refractivity contribution in [1.82, 2.24) is 0 Å². The van der Waals surface area contributed by atoms with E-state index in [0.29, 0.717) is 5.92 Å². The van der Waals surface area contributed by atoms with Crippen molar-refractivity contribution in [2.45, 2.75) is 47.0 Å². The van der Waals surface area contributed by atoms with Crippen LogP contribution in [-0.2, 0) is 0 Å². The molecule has 0 saturated heterocycles. The summed E-state index contributed by atoms with van der Waals surface area (Å²) in [6.07, 6.45) is 1.25. The Morgan fingerprint density at radius 2 is 1.80 bits per heavy atom. The van der Waals surface area contributed by atoms with Crippen molar-refractivity contribution in [3.05, 3.63) is 29.3 Å². The number of hydrogen-bond acceptors (Lipinski definition) is 1. The first-order chi connectivity index (χ1) is 7.10. The van der Waals surface area contributed by atoms with Gasteiger partial charge in [-0.05, 0) is 25.5 Å². The highest BCUT2D eigenvalue weighted by molar-refractivity contribution is 5.96. The van der Waals surface area contributed by atoms with Crippen molar-refractivity contribution in [3.8, 4) is 0 Å². The Morgan fingerprint density at radius 3 is 2.40 bits per heavy atom. The molecule has 1 aromatic carbocycles. The van der Waals surface area contributed by atoms with Crippen molar-refractivity contribution in [2.24, 2.45) is 4.99 Å².